The summed E-state index contributed by atoms with van der Waals surface area (Å²) in [6.45, 7) is 3.65. The van der Waals surface area contributed by atoms with Crippen molar-refractivity contribution < 1.29 is 8.78 Å². The summed E-state index contributed by atoms with van der Waals surface area (Å²) in [7, 11) is 0. The number of halogens is 2. The lowest BCUT2D eigenvalue weighted by Gasteiger charge is -2.05. The molecular weight excluding hydrogens is 218 g/mol. The smallest absolute Gasteiger partial charge is 0.166 e. The van der Waals surface area contributed by atoms with Crippen LogP contribution < -0.4 is 0 Å². The highest BCUT2D eigenvalue weighted by Gasteiger charge is 2.08. The molecule has 0 aliphatic carbocycles. The Hall–Kier alpha value is -1.96. The zero-order valence-electron chi connectivity index (χ0n) is 9.29. The quantitative estimate of drug-likeness (QED) is 0.687. The van der Waals surface area contributed by atoms with Crippen molar-refractivity contribution in [2.75, 3.05) is 0 Å². The van der Waals surface area contributed by atoms with Crippen molar-refractivity contribution in [3.05, 3.63) is 72.3 Å². The Kier molecular flexibility index (Phi) is 3.33. The summed E-state index contributed by atoms with van der Waals surface area (Å²) in [4.78, 5) is 0. The van der Waals surface area contributed by atoms with E-state index in [1.54, 1.807) is 24.3 Å². The lowest BCUT2D eigenvalue weighted by Crippen LogP contribution is -1.89. The number of rotatable bonds is 3. The van der Waals surface area contributed by atoms with Crippen LogP contribution in [0.25, 0.3) is 11.1 Å². The van der Waals surface area contributed by atoms with Crippen LogP contribution in [0.2, 0.25) is 0 Å². The van der Waals surface area contributed by atoms with Crippen molar-refractivity contribution in [1.82, 2.24) is 0 Å². The minimum absolute atomic E-state index is 0.287. The van der Waals surface area contributed by atoms with E-state index < -0.39 is 11.6 Å². The monoisotopic (exact) mass is 230 g/mol. The fraction of sp³-hybridized carbons (Fsp3) is 0.0667. The molecule has 0 heterocycles. The zero-order valence-corrected chi connectivity index (χ0v) is 9.29. The Morgan fingerprint density at radius 2 is 1.71 bits per heavy atom. The van der Waals surface area contributed by atoms with Gasteiger partial charge in [-0.05, 0) is 23.6 Å². The summed E-state index contributed by atoms with van der Waals surface area (Å²) in [5.41, 5.74) is 2.06. The van der Waals surface area contributed by atoms with E-state index in [4.69, 9.17) is 0 Å². The molecule has 0 atom stereocenters. The first-order valence-corrected chi connectivity index (χ1v) is 5.36. The minimum atomic E-state index is -0.822. The first-order chi connectivity index (χ1) is 8.22. The molecule has 0 nitrogen and oxygen atoms in total. The topological polar surface area (TPSA) is 0 Å². The fourth-order valence-electron chi connectivity index (χ4n) is 1.71. The Bertz CT molecular complexity index is 527. The Labute approximate surface area is 99.2 Å². The van der Waals surface area contributed by atoms with Crippen LogP contribution in [0.1, 0.15) is 5.56 Å². The van der Waals surface area contributed by atoms with Gasteiger partial charge in [-0.1, -0.05) is 42.5 Å². The first-order valence-electron chi connectivity index (χ1n) is 5.36. The van der Waals surface area contributed by atoms with E-state index in [0.29, 0.717) is 5.56 Å². The van der Waals surface area contributed by atoms with Gasteiger partial charge in [-0.3, -0.25) is 0 Å². The van der Waals surface area contributed by atoms with Crippen LogP contribution in [-0.2, 0) is 6.42 Å². The van der Waals surface area contributed by atoms with Gasteiger partial charge in [0.1, 0.15) is 0 Å². The van der Waals surface area contributed by atoms with Crippen LogP contribution in [0.3, 0.4) is 0 Å². The van der Waals surface area contributed by atoms with Crippen LogP contribution >= 0.6 is 0 Å². The molecule has 2 heteroatoms. The molecule has 0 saturated carbocycles. The van der Waals surface area contributed by atoms with Gasteiger partial charge in [0.05, 0.1) is 0 Å². The molecule has 17 heavy (non-hydrogen) atoms. The maximum atomic E-state index is 13.5. The summed E-state index contributed by atoms with van der Waals surface area (Å²) < 4.78 is 26.6. The van der Waals surface area contributed by atoms with Gasteiger partial charge in [0.15, 0.2) is 11.6 Å². The Morgan fingerprint density at radius 3 is 2.35 bits per heavy atom. The van der Waals surface area contributed by atoms with E-state index in [1.807, 2.05) is 12.1 Å². The molecular formula is C15H12F2. The molecule has 86 valence electrons. The molecule has 0 aliphatic heterocycles. The third kappa shape index (κ3) is 2.41. The van der Waals surface area contributed by atoms with Crippen molar-refractivity contribution in [3.8, 4) is 11.1 Å². The van der Waals surface area contributed by atoms with Gasteiger partial charge < -0.3 is 0 Å². The molecule has 0 unspecified atom stereocenters. The van der Waals surface area contributed by atoms with E-state index >= 15 is 0 Å². The Balaban J connectivity index is 2.39. The summed E-state index contributed by atoms with van der Waals surface area (Å²) >= 11 is 0. The fourth-order valence-corrected chi connectivity index (χ4v) is 1.71. The van der Waals surface area contributed by atoms with E-state index in [1.165, 1.54) is 6.07 Å². The van der Waals surface area contributed by atoms with E-state index in [9.17, 15) is 8.78 Å². The highest BCUT2D eigenvalue weighted by molar-refractivity contribution is 5.64. The van der Waals surface area contributed by atoms with E-state index in [2.05, 4.69) is 6.58 Å². The molecule has 0 N–H and O–H groups in total. The number of hydrogen-bond donors (Lipinski definition) is 0. The number of hydrogen-bond acceptors (Lipinski definition) is 0. The van der Waals surface area contributed by atoms with Gasteiger partial charge in [-0.25, -0.2) is 8.78 Å². The van der Waals surface area contributed by atoms with Crippen molar-refractivity contribution in [2.24, 2.45) is 0 Å². The highest BCUT2D eigenvalue weighted by atomic mass is 19.2. The van der Waals surface area contributed by atoms with Crippen molar-refractivity contribution in [1.29, 1.82) is 0 Å². The molecule has 0 spiro atoms. The summed E-state index contributed by atoms with van der Waals surface area (Å²) in [6, 6.07) is 11.5. The zero-order chi connectivity index (χ0) is 12.3. The third-order valence-corrected chi connectivity index (χ3v) is 2.60. The normalized spacial score (nSPS) is 10.2. The summed E-state index contributed by atoms with van der Waals surface area (Å²) in [5.74, 6) is -1.62. The van der Waals surface area contributed by atoms with Crippen LogP contribution in [0.15, 0.2) is 55.1 Å². The molecule has 0 fully saturated rings. The van der Waals surface area contributed by atoms with Gasteiger partial charge >= 0.3 is 0 Å². The van der Waals surface area contributed by atoms with Gasteiger partial charge in [0, 0.05) is 5.56 Å². The second kappa shape index (κ2) is 4.91. The molecule has 0 saturated heterocycles. The third-order valence-electron chi connectivity index (χ3n) is 2.60. The second-order valence-electron chi connectivity index (χ2n) is 3.79. The molecule has 0 amide bonds. The van der Waals surface area contributed by atoms with Crippen LogP contribution in [0.5, 0.6) is 0 Å². The SMILES string of the molecule is C=CCc1ccc(-c2cccc(F)c2F)cc1. The molecule has 2 aromatic carbocycles. The highest BCUT2D eigenvalue weighted by Crippen LogP contribution is 2.24. The second-order valence-corrected chi connectivity index (χ2v) is 3.79. The molecule has 2 rings (SSSR count). The molecule has 0 aromatic heterocycles. The minimum Gasteiger partial charge on any atom is -0.204 e. The lowest BCUT2D eigenvalue weighted by molar-refractivity contribution is 0.511. The maximum absolute atomic E-state index is 13.5. The largest absolute Gasteiger partial charge is 0.204 e. The van der Waals surface area contributed by atoms with Gasteiger partial charge in [-0.15, -0.1) is 6.58 Å². The Morgan fingerprint density at radius 1 is 1.00 bits per heavy atom. The summed E-state index contributed by atoms with van der Waals surface area (Å²) in [5, 5.41) is 0. The predicted molar refractivity (Wildman–Crippen MR) is 65.7 cm³/mol. The van der Waals surface area contributed by atoms with Crippen molar-refractivity contribution >= 4 is 0 Å². The van der Waals surface area contributed by atoms with E-state index in [0.717, 1.165) is 18.1 Å². The molecule has 0 radical (unpaired) electrons. The predicted octanol–water partition coefficient (Wildman–Crippen LogP) is 4.36. The maximum Gasteiger partial charge on any atom is 0.166 e. The number of allylic oxidation sites excluding steroid dienone is 1. The van der Waals surface area contributed by atoms with Gasteiger partial charge in [0.25, 0.3) is 0 Å². The van der Waals surface area contributed by atoms with Crippen LogP contribution in [0.4, 0.5) is 8.78 Å². The van der Waals surface area contributed by atoms with Crippen LogP contribution in [0, 0.1) is 11.6 Å². The molecule has 2 aromatic rings. The van der Waals surface area contributed by atoms with Gasteiger partial charge in [0.2, 0.25) is 0 Å². The number of benzene rings is 2. The lowest BCUT2D eigenvalue weighted by atomic mass is 10.0. The average Bonchev–Trinajstić information content (AvgIpc) is 2.34. The average molecular weight is 230 g/mol. The molecule has 0 aliphatic rings. The van der Waals surface area contributed by atoms with Crippen LogP contribution in [-0.4, -0.2) is 0 Å². The molecule has 0 bridgehead atoms. The summed E-state index contributed by atoms with van der Waals surface area (Å²) in [6.07, 6.45) is 2.57. The first kappa shape index (κ1) is 11.5. The van der Waals surface area contributed by atoms with E-state index in [-0.39, 0.29) is 5.56 Å². The van der Waals surface area contributed by atoms with Crippen molar-refractivity contribution in [2.45, 2.75) is 6.42 Å². The standard InChI is InChI=1S/C15H12F2/c1-2-4-11-7-9-12(10-8-11)13-5-3-6-14(16)15(13)17/h2-3,5-10H,1,4H2. The van der Waals surface area contributed by atoms with Crippen molar-refractivity contribution in [3.63, 3.8) is 0 Å². The van der Waals surface area contributed by atoms with Gasteiger partial charge in [-0.2, -0.15) is 0 Å².